The normalized spacial score (nSPS) is 11.2. The van der Waals surface area contributed by atoms with Crippen molar-refractivity contribution >= 4 is 33.5 Å². The lowest BCUT2D eigenvalue weighted by molar-refractivity contribution is -0.141. The van der Waals surface area contributed by atoms with Crippen LogP contribution in [0.15, 0.2) is 41.3 Å². The quantitative estimate of drug-likeness (QED) is 0.503. The van der Waals surface area contributed by atoms with Crippen LogP contribution in [0.25, 0.3) is 0 Å². The lowest BCUT2D eigenvalue weighted by atomic mass is 10.1. The molecule has 0 radical (unpaired) electrons. The Morgan fingerprint density at radius 1 is 0.969 bits per heavy atom. The van der Waals surface area contributed by atoms with Gasteiger partial charge >= 0.3 is 5.97 Å². The molecule has 0 atom stereocenters. The fraction of sp³-hybridized carbons (Fsp3) is 0.333. The molecular weight excluding hydrogens is 460 g/mol. The fourth-order valence-electron chi connectivity index (χ4n) is 2.81. The maximum atomic E-state index is 13.3. The Morgan fingerprint density at radius 2 is 1.56 bits per heavy atom. The van der Waals surface area contributed by atoms with Gasteiger partial charge in [-0.05, 0) is 35.9 Å². The molecule has 0 aliphatic heterocycles. The zero-order valence-electron chi connectivity index (χ0n) is 18.4. The van der Waals surface area contributed by atoms with Crippen LogP contribution in [-0.2, 0) is 26.1 Å². The molecule has 174 valence electrons. The monoisotopic (exact) mass is 484 g/mol. The summed E-state index contributed by atoms with van der Waals surface area (Å²) in [4.78, 5) is 26.3. The summed E-state index contributed by atoms with van der Waals surface area (Å²) < 4.78 is 41.4. The van der Waals surface area contributed by atoms with Gasteiger partial charge in [-0.15, -0.1) is 0 Å². The highest BCUT2D eigenvalue weighted by Gasteiger charge is 2.25. The summed E-state index contributed by atoms with van der Waals surface area (Å²) in [5.41, 5.74) is 0.683. The second-order valence-electron chi connectivity index (χ2n) is 6.89. The van der Waals surface area contributed by atoms with E-state index in [0.29, 0.717) is 17.1 Å². The molecule has 0 heterocycles. The second-order valence-corrected chi connectivity index (χ2v) is 9.42. The SMILES string of the molecule is COC(=O)CN(Cc1cc(OC)cc(OC)c1)C(=O)c1ccc(Cl)c(S(=O)(=O)N(C)C)c1. The summed E-state index contributed by atoms with van der Waals surface area (Å²) in [6.07, 6.45) is 0. The molecule has 0 unspecified atom stereocenters. The molecule has 0 aromatic heterocycles. The highest BCUT2D eigenvalue weighted by molar-refractivity contribution is 7.89. The molecule has 11 heteroatoms. The summed E-state index contributed by atoms with van der Waals surface area (Å²) in [5.74, 6) is -0.196. The number of hydrogen-bond acceptors (Lipinski definition) is 7. The van der Waals surface area contributed by atoms with E-state index in [2.05, 4.69) is 0 Å². The number of rotatable bonds is 9. The van der Waals surface area contributed by atoms with E-state index in [4.69, 9.17) is 25.8 Å². The van der Waals surface area contributed by atoms with Gasteiger partial charge in [0.1, 0.15) is 22.9 Å². The number of esters is 1. The minimum absolute atomic E-state index is 0.0138. The van der Waals surface area contributed by atoms with E-state index in [1.807, 2.05) is 0 Å². The largest absolute Gasteiger partial charge is 0.497 e. The zero-order valence-corrected chi connectivity index (χ0v) is 20.0. The van der Waals surface area contributed by atoms with Crippen LogP contribution in [0.1, 0.15) is 15.9 Å². The van der Waals surface area contributed by atoms with Crippen molar-refractivity contribution in [2.24, 2.45) is 0 Å². The first kappa shape index (κ1) is 25.4. The molecule has 0 fully saturated rings. The van der Waals surface area contributed by atoms with Gasteiger partial charge in [0.15, 0.2) is 0 Å². The van der Waals surface area contributed by atoms with Crippen LogP contribution in [0.2, 0.25) is 5.02 Å². The van der Waals surface area contributed by atoms with E-state index < -0.39 is 21.9 Å². The van der Waals surface area contributed by atoms with Crippen LogP contribution >= 0.6 is 11.6 Å². The van der Waals surface area contributed by atoms with Gasteiger partial charge in [0.05, 0.1) is 26.4 Å². The van der Waals surface area contributed by atoms with Gasteiger partial charge in [-0.1, -0.05) is 11.6 Å². The van der Waals surface area contributed by atoms with E-state index in [1.54, 1.807) is 18.2 Å². The van der Waals surface area contributed by atoms with Gasteiger partial charge < -0.3 is 19.1 Å². The third-order valence-corrected chi connectivity index (χ3v) is 6.85. The van der Waals surface area contributed by atoms with E-state index in [1.165, 1.54) is 58.5 Å². The van der Waals surface area contributed by atoms with Crippen LogP contribution in [-0.4, -0.2) is 71.5 Å². The van der Waals surface area contributed by atoms with Gasteiger partial charge in [-0.2, -0.15) is 0 Å². The van der Waals surface area contributed by atoms with Crippen molar-refractivity contribution in [2.45, 2.75) is 11.4 Å². The molecule has 0 aliphatic rings. The molecule has 2 aromatic carbocycles. The van der Waals surface area contributed by atoms with Crippen molar-refractivity contribution in [1.29, 1.82) is 0 Å². The lowest BCUT2D eigenvalue weighted by Crippen LogP contribution is -2.36. The Morgan fingerprint density at radius 3 is 2.06 bits per heavy atom. The number of carbonyl (C=O) groups is 2. The van der Waals surface area contributed by atoms with Gasteiger partial charge in [0, 0.05) is 32.3 Å². The highest BCUT2D eigenvalue weighted by atomic mass is 35.5. The molecule has 0 bridgehead atoms. The van der Waals surface area contributed by atoms with Crippen LogP contribution in [0.3, 0.4) is 0 Å². The van der Waals surface area contributed by atoms with Crippen molar-refractivity contribution < 1.29 is 32.2 Å². The first-order valence-corrected chi connectivity index (χ1v) is 11.2. The fourth-order valence-corrected chi connectivity index (χ4v) is 4.21. The van der Waals surface area contributed by atoms with Crippen LogP contribution < -0.4 is 9.47 Å². The topological polar surface area (TPSA) is 102 Å². The lowest BCUT2D eigenvalue weighted by Gasteiger charge is -2.23. The van der Waals surface area contributed by atoms with E-state index in [0.717, 1.165) is 4.31 Å². The predicted octanol–water partition coefficient (Wildman–Crippen LogP) is 2.42. The molecule has 0 spiro atoms. The standard InChI is InChI=1S/C21H25ClN2O7S/c1-23(2)32(27,28)19-10-15(6-7-18(19)22)21(26)24(13-20(25)31-5)12-14-8-16(29-3)11-17(9-14)30-4/h6-11H,12-13H2,1-5H3. The number of nitrogens with zero attached hydrogens (tertiary/aromatic N) is 2. The summed E-state index contributed by atoms with van der Waals surface area (Å²) >= 11 is 6.08. The van der Waals surface area contributed by atoms with Crippen LogP contribution in [0.5, 0.6) is 11.5 Å². The molecule has 0 saturated carbocycles. The van der Waals surface area contributed by atoms with E-state index in [9.17, 15) is 18.0 Å². The summed E-state index contributed by atoms with van der Waals surface area (Å²) in [7, 11) is 3.04. The van der Waals surface area contributed by atoms with E-state index in [-0.39, 0.29) is 28.6 Å². The molecular formula is C21H25ClN2O7S. The number of halogens is 1. The second kappa shape index (κ2) is 10.7. The van der Waals surface area contributed by atoms with Crippen LogP contribution in [0.4, 0.5) is 0 Å². The summed E-state index contributed by atoms with van der Waals surface area (Å²) in [5, 5.41) is -0.0210. The first-order chi connectivity index (χ1) is 15.0. The maximum absolute atomic E-state index is 13.3. The molecule has 1 amide bonds. The van der Waals surface area contributed by atoms with Crippen molar-refractivity contribution in [2.75, 3.05) is 42.0 Å². The average Bonchev–Trinajstić information content (AvgIpc) is 2.77. The minimum atomic E-state index is -3.89. The first-order valence-electron chi connectivity index (χ1n) is 9.33. The number of methoxy groups -OCH3 is 3. The Kier molecular flexibility index (Phi) is 8.48. The average molecular weight is 485 g/mol. The number of benzene rings is 2. The van der Waals surface area contributed by atoms with Crippen molar-refractivity contribution in [3.05, 3.63) is 52.5 Å². The number of ether oxygens (including phenoxy) is 3. The molecule has 0 aliphatic carbocycles. The third kappa shape index (κ3) is 5.90. The number of sulfonamides is 1. The van der Waals surface area contributed by atoms with E-state index >= 15 is 0 Å². The number of amides is 1. The van der Waals surface area contributed by atoms with Crippen LogP contribution in [0, 0.1) is 0 Å². The zero-order chi connectivity index (χ0) is 24.1. The highest BCUT2D eigenvalue weighted by Crippen LogP contribution is 2.27. The smallest absolute Gasteiger partial charge is 0.325 e. The Bertz CT molecular complexity index is 1080. The third-order valence-electron chi connectivity index (χ3n) is 4.56. The summed E-state index contributed by atoms with van der Waals surface area (Å²) in [6.45, 7) is -0.340. The Balaban J connectivity index is 2.48. The number of carbonyl (C=O) groups excluding carboxylic acids is 2. The predicted molar refractivity (Wildman–Crippen MR) is 119 cm³/mol. The van der Waals surface area contributed by atoms with Crippen molar-refractivity contribution in [1.82, 2.24) is 9.21 Å². The number of hydrogen-bond donors (Lipinski definition) is 0. The molecule has 2 rings (SSSR count). The Hall–Kier alpha value is -2.82. The summed E-state index contributed by atoms with van der Waals surface area (Å²) in [6, 6.07) is 8.99. The molecule has 2 aromatic rings. The molecule has 9 nitrogen and oxygen atoms in total. The van der Waals surface area contributed by atoms with Gasteiger partial charge in [0.25, 0.3) is 5.91 Å². The maximum Gasteiger partial charge on any atom is 0.325 e. The molecule has 32 heavy (non-hydrogen) atoms. The van der Waals surface area contributed by atoms with Crippen molar-refractivity contribution in [3.8, 4) is 11.5 Å². The minimum Gasteiger partial charge on any atom is -0.497 e. The van der Waals surface area contributed by atoms with Crippen molar-refractivity contribution in [3.63, 3.8) is 0 Å². The molecule has 0 N–H and O–H groups in total. The van der Waals surface area contributed by atoms with Gasteiger partial charge in [-0.25, -0.2) is 12.7 Å². The Labute approximate surface area is 192 Å². The van der Waals surface area contributed by atoms with Gasteiger partial charge in [-0.3, -0.25) is 9.59 Å². The van der Waals surface area contributed by atoms with Gasteiger partial charge in [0.2, 0.25) is 10.0 Å². The molecule has 0 saturated heterocycles.